The van der Waals surface area contributed by atoms with Gasteiger partial charge in [0.1, 0.15) is 0 Å². The van der Waals surface area contributed by atoms with Crippen LogP contribution >= 0.6 is 0 Å². The number of aromatic hydroxyl groups is 2. The zero-order valence-electron chi connectivity index (χ0n) is 7.52. The van der Waals surface area contributed by atoms with Crippen molar-refractivity contribution in [1.29, 1.82) is 5.26 Å². The average Bonchev–Trinajstić information content (AvgIpc) is 2.44. The summed E-state index contributed by atoms with van der Waals surface area (Å²) in [6.07, 6.45) is 0. The van der Waals surface area contributed by atoms with E-state index < -0.39 is 0 Å². The van der Waals surface area contributed by atoms with Gasteiger partial charge < -0.3 is 14.8 Å². The maximum Gasteiger partial charge on any atom is 0.235 e. The lowest BCUT2D eigenvalue weighted by Gasteiger charge is -1.95. The van der Waals surface area contributed by atoms with E-state index in [1.807, 2.05) is 6.07 Å². The largest absolute Gasteiger partial charge is 0.503 e. The first-order valence-corrected chi connectivity index (χ1v) is 4.06. The number of nitriles is 1. The molecule has 0 amide bonds. The Labute approximate surface area is 80.2 Å². The molecule has 0 radical (unpaired) electrons. The molecule has 0 aliphatic carbocycles. The van der Waals surface area contributed by atoms with Crippen LogP contribution in [0.4, 0.5) is 0 Å². The van der Waals surface area contributed by atoms with Crippen molar-refractivity contribution in [1.82, 2.24) is 4.57 Å². The summed E-state index contributed by atoms with van der Waals surface area (Å²) >= 11 is 0. The van der Waals surface area contributed by atoms with Crippen LogP contribution in [-0.4, -0.2) is 14.8 Å². The monoisotopic (exact) mass is 188 g/mol. The van der Waals surface area contributed by atoms with Gasteiger partial charge in [-0.25, -0.2) is 0 Å². The van der Waals surface area contributed by atoms with E-state index in [1.54, 1.807) is 25.2 Å². The second kappa shape index (κ2) is 2.67. The molecule has 0 unspecified atom stereocenters. The van der Waals surface area contributed by atoms with Crippen LogP contribution in [0.5, 0.6) is 11.6 Å². The number of hydrogen-bond acceptors (Lipinski definition) is 3. The molecule has 0 atom stereocenters. The average molecular weight is 188 g/mol. The molecule has 0 aliphatic rings. The van der Waals surface area contributed by atoms with Crippen molar-refractivity contribution < 1.29 is 10.2 Å². The van der Waals surface area contributed by atoms with E-state index >= 15 is 0 Å². The lowest BCUT2D eigenvalue weighted by Crippen LogP contribution is -1.85. The summed E-state index contributed by atoms with van der Waals surface area (Å²) in [6.45, 7) is 0. The van der Waals surface area contributed by atoms with Crippen molar-refractivity contribution >= 4 is 10.9 Å². The molecular weight excluding hydrogens is 180 g/mol. The van der Waals surface area contributed by atoms with Crippen molar-refractivity contribution in [3.8, 4) is 17.7 Å². The van der Waals surface area contributed by atoms with E-state index in [0.717, 1.165) is 0 Å². The zero-order chi connectivity index (χ0) is 10.3. The summed E-state index contributed by atoms with van der Waals surface area (Å²) in [4.78, 5) is 0. The second-order valence-corrected chi connectivity index (χ2v) is 3.04. The Morgan fingerprint density at radius 1 is 1.36 bits per heavy atom. The number of rotatable bonds is 0. The maximum absolute atomic E-state index is 9.57. The summed E-state index contributed by atoms with van der Waals surface area (Å²) < 4.78 is 1.44. The minimum Gasteiger partial charge on any atom is -0.503 e. The topological polar surface area (TPSA) is 69.2 Å². The van der Waals surface area contributed by atoms with Gasteiger partial charge in [-0.2, -0.15) is 5.26 Å². The number of nitrogens with zero attached hydrogens (tertiary/aromatic N) is 2. The van der Waals surface area contributed by atoms with Crippen molar-refractivity contribution in [3.63, 3.8) is 0 Å². The van der Waals surface area contributed by atoms with E-state index in [2.05, 4.69) is 0 Å². The molecule has 2 rings (SSSR count). The Hall–Kier alpha value is -2.15. The summed E-state index contributed by atoms with van der Waals surface area (Å²) in [5, 5.41) is 28.2. The lowest BCUT2D eigenvalue weighted by molar-refractivity contribution is 0.383. The van der Waals surface area contributed by atoms with Gasteiger partial charge >= 0.3 is 0 Å². The first-order chi connectivity index (χ1) is 6.66. The maximum atomic E-state index is 9.57. The summed E-state index contributed by atoms with van der Waals surface area (Å²) in [5.41, 5.74) is 0.995. The van der Waals surface area contributed by atoms with Gasteiger partial charge in [0.2, 0.25) is 5.88 Å². The predicted octanol–water partition coefficient (Wildman–Crippen LogP) is 1.46. The van der Waals surface area contributed by atoms with Crippen molar-refractivity contribution in [2.24, 2.45) is 7.05 Å². The number of aromatic nitrogens is 1. The predicted molar refractivity (Wildman–Crippen MR) is 51.0 cm³/mol. The van der Waals surface area contributed by atoms with Gasteiger partial charge in [-0.05, 0) is 12.1 Å². The van der Waals surface area contributed by atoms with Crippen LogP contribution in [0.3, 0.4) is 0 Å². The molecule has 0 bridgehead atoms. The highest BCUT2D eigenvalue weighted by Gasteiger charge is 2.15. The van der Waals surface area contributed by atoms with E-state index in [9.17, 15) is 10.2 Å². The van der Waals surface area contributed by atoms with E-state index in [4.69, 9.17) is 5.26 Å². The van der Waals surface area contributed by atoms with Crippen LogP contribution in [-0.2, 0) is 7.05 Å². The van der Waals surface area contributed by atoms with E-state index in [1.165, 1.54) is 4.57 Å². The van der Waals surface area contributed by atoms with Gasteiger partial charge in [0, 0.05) is 7.05 Å². The smallest absolute Gasteiger partial charge is 0.235 e. The number of hydrogen-bond donors (Lipinski definition) is 2. The van der Waals surface area contributed by atoms with Gasteiger partial charge in [-0.1, -0.05) is 6.07 Å². The minimum atomic E-state index is -0.236. The van der Waals surface area contributed by atoms with Crippen LogP contribution < -0.4 is 0 Å². The van der Waals surface area contributed by atoms with Crippen LogP contribution in [0.1, 0.15) is 5.56 Å². The van der Waals surface area contributed by atoms with E-state index in [-0.39, 0.29) is 11.6 Å². The SMILES string of the molecule is Cn1c(O)c(O)c2c(C#N)cccc21. The Morgan fingerprint density at radius 3 is 2.71 bits per heavy atom. The van der Waals surface area contributed by atoms with Gasteiger partial charge in [0.05, 0.1) is 22.5 Å². The van der Waals surface area contributed by atoms with Gasteiger partial charge in [-0.3, -0.25) is 0 Å². The summed E-state index contributed by atoms with van der Waals surface area (Å²) in [5.74, 6) is -0.456. The van der Waals surface area contributed by atoms with Crippen molar-refractivity contribution in [2.75, 3.05) is 0 Å². The Balaban J connectivity index is 3.04. The molecule has 1 aromatic heterocycles. The molecule has 2 aromatic rings. The summed E-state index contributed by atoms with van der Waals surface area (Å²) in [6, 6.07) is 7.01. The molecule has 4 heteroatoms. The third-order valence-corrected chi connectivity index (χ3v) is 2.29. The molecule has 1 heterocycles. The standard InChI is InChI=1S/C10H8N2O2/c1-12-7-4-2-3-6(5-11)8(7)9(13)10(12)14/h2-4,13-14H,1H3. The first kappa shape index (κ1) is 8.45. The lowest BCUT2D eigenvalue weighted by atomic mass is 10.1. The Bertz CT molecular complexity index is 549. The van der Waals surface area contributed by atoms with Crippen molar-refractivity contribution in [3.05, 3.63) is 23.8 Å². The third kappa shape index (κ3) is 0.866. The highest BCUT2D eigenvalue weighted by Crippen LogP contribution is 2.37. The molecule has 0 saturated heterocycles. The van der Waals surface area contributed by atoms with Crippen LogP contribution in [0.25, 0.3) is 10.9 Å². The number of aryl methyl sites for hydroxylation is 1. The highest BCUT2D eigenvalue weighted by atomic mass is 16.3. The van der Waals surface area contributed by atoms with Crippen LogP contribution in [0, 0.1) is 11.3 Å². The molecule has 0 fully saturated rings. The fraction of sp³-hybridized carbons (Fsp3) is 0.100. The molecular formula is C10H8N2O2. The van der Waals surface area contributed by atoms with Crippen molar-refractivity contribution in [2.45, 2.75) is 0 Å². The molecule has 0 aliphatic heterocycles. The van der Waals surface area contributed by atoms with Gasteiger partial charge in [0.25, 0.3) is 0 Å². The fourth-order valence-electron chi connectivity index (χ4n) is 1.55. The molecule has 1 aromatic carbocycles. The van der Waals surface area contributed by atoms with Crippen LogP contribution in [0.2, 0.25) is 0 Å². The molecule has 14 heavy (non-hydrogen) atoms. The molecule has 0 spiro atoms. The first-order valence-electron chi connectivity index (χ1n) is 4.06. The molecule has 70 valence electrons. The number of benzene rings is 1. The minimum absolute atomic E-state index is 0.220. The fourth-order valence-corrected chi connectivity index (χ4v) is 1.55. The summed E-state index contributed by atoms with van der Waals surface area (Å²) in [7, 11) is 1.62. The number of fused-ring (bicyclic) bond motifs is 1. The highest BCUT2D eigenvalue weighted by molar-refractivity contribution is 5.94. The molecule has 0 saturated carbocycles. The van der Waals surface area contributed by atoms with Gasteiger partial charge in [0.15, 0.2) is 5.75 Å². The molecule has 2 N–H and O–H groups in total. The normalized spacial score (nSPS) is 10.3. The zero-order valence-corrected chi connectivity index (χ0v) is 7.52. The third-order valence-electron chi connectivity index (χ3n) is 2.29. The Kier molecular flexibility index (Phi) is 1.61. The molecule has 4 nitrogen and oxygen atoms in total. The van der Waals surface area contributed by atoms with Crippen LogP contribution in [0.15, 0.2) is 18.2 Å². The quantitative estimate of drug-likeness (QED) is 0.657. The van der Waals surface area contributed by atoms with E-state index in [0.29, 0.717) is 16.5 Å². The van der Waals surface area contributed by atoms with Gasteiger partial charge in [-0.15, -0.1) is 0 Å². The second-order valence-electron chi connectivity index (χ2n) is 3.04. The Morgan fingerprint density at radius 2 is 2.07 bits per heavy atom.